The fourth-order valence-electron chi connectivity index (χ4n) is 1.65. The molecule has 0 bridgehead atoms. The Labute approximate surface area is 117 Å². The maximum atomic E-state index is 13.4. The number of carbonyl (C=O) groups excluding carboxylic acids is 1. The Morgan fingerprint density at radius 1 is 1.35 bits per heavy atom. The minimum Gasteiger partial charge on any atom is -0.478 e. The minimum absolute atomic E-state index is 0.217. The number of nitrogens with one attached hydrogen (secondary N) is 2. The number of rotatable bonds is 6. The predicted octanol–water partition coefficient (Wildman–Crippen LogP) is 3.08. The molecule has 0 saturated heterocycles. The van der Waals surface area contributed by atoms with Crippen LogP contribution in [0.4, 0.5) is 14.9 Å². The molecule has 2 amide bonds. The van der Waals surface area contributed by atoms with E-state index >= 15 is 0 Å². The molecule has 0 aliphatic heterocycles. The van der Waals surface area contributed by atoms with Crippen LogP contribution in [0.25, 0.3) is 0 Å². The lowest BCUT2D eigenvalue weighted by atomic mass is 10.1. The Hall–Kier alpha value is -2.11. The van der Waals surface area contributed by atoms with E-state index in [0.29, 0.717) is 12.5 Å². The SMILES string of the molecule is CC(C)CCCNC(=O)Nc1ccc(C(=O)O)c(F)c1. The van der Waals surface area contributed by atoms with Crippen molar-refractivity contribution in [2.45, 2.75) is 26.7 Å². The summed E-state index contributed by atoms with van der Waals surface area (Å²) in [7, 11) is 0. The average molecular weight is 282 g/mol. The molecule has 0 spiro atoms. The molecule has 1 aromatic rings. The number of carboxylic acid groups (broad SMARTS) is 1. The fourth-order valence-corrected chi connectivity index (χ4v) is 1.65. The molecule has 110 valence electrons. The number of carboxylic acids is 1. The van der Waals surface area contributed by atoms with Gasteiger partial charge in [-0.1, -0.05) is 13.8 Å². The third kappa shape index (κ3) is 5.26. The Balaban J connectivity index is 2.46. The van der Waals surface area contributed by atoms with Gasteiger partial charge in [-0.05, 0) is 37.0 Å². The molecule has 0 aromatic heterocycles. The van der Waals surface area contributed by atoms with Crippen molar-refractivity contribution >= 4 is 17.7 Å². The number of urea groups is 1. The predicted molar refractivity (Wildman–Crippen MR) is 74.5 cm³/mol. The molecule has 0 atom stereocenters. The largest absolute Gasteiger partial charge is 0.478 e. The molecule has 20 heavy (non-hydrogen) atoms. The zero-order valence-electron chi connectivity index (χ0n) is 11.6. The molecule has 1 rings (SSSR count). The first kappa shape index (κ1) is 15.9. The van der Waals surface area contributed by atoms with Gasteiger partial charge in [0.2, 0.25) is 0 Å². The van der Waals surface area contributed by atoms with Crippen LogP contribution in [-0.2, 0) is 0 Å². The number of aromatic carboxylic acids is 1. The van der Waals surface area contributed by atoms with Crippen molar-refractivity contribution in [3.63, 3.8) is 0 Å². The molecule has 0 heterocycles. The highest BCUT2D eigenvalue weighted by Crippen LogP contribution is 2.14. The second-order valence-corrected chi connectivity index (χ2v) is 4.92. The van der Waals surface area contributed by atoms with E-state index in [-0.39, 0.29) is 5.69 Å². The Morgan fingerprint density at radius 2 is 2.05 bits per heavy atom. The number of hydrogen-bond donors (Lipinski definition) is 3. The number of carbonyl (C=O) groups is 2. The highest BCUT2D eigenvalue weighted by atomic mass is 19.1. The van der Waals surface area contributed by atoms with E-state index in [1.807, 2.05) is 0 Å². The highest BCUT2D eigenvalue weighted by Gasteiger charge is 2.11. The number of benzene rings is 1. The van der Waals surface area contributed by atoms with Crippen LogP contribution in [0.15, 0.2) is 18.2 Å². The lowest BCUT2D eigenvalue weighted by molar-refractivity contribution is 0.0692. The Kier molecular flexibility index (Phi) is 5.96. The van der Waals surface area contributed by atoms with Crippen molar-refractivity contribution in [3.8, 4) is 0 Å². The molecule has 0 unspecified atom stereocenters. The first-order valence-electron chi connectivity index (χ1n) is 6.48. The zero-order chi connectivity index (χ0) is 15.1. The highest BCUT2D eigenvalue weighted by molar-refractivity contribution is 5.91. The van der Waals surface area contributed by atoms with Gasteiger partial charge in [0, 0.05) is 12.2 Å². The summed E-state index contributed by atoms with van der Waals surface area (Å²) in [4.78, 5) is 22.2. The van der Waals surface area contributed by atoms with Crippen molar-refractivity contribution in [1.82, 2.24) is 5.32 Å². The second-order valence-electron chi connectivity index (χ2n) is 4.92. The monoisotopic (exact) mass is 282 g/mol. The van der Waals surface area contributed by atoms with Crippen LogP contribution in [0.1, 0.15) is 37.0 Å². The summed E-state index contributed by atoms with van der Waals surface area (Å²) in [6.45, 7) is 4.75. The summed E-state index contributed by atoms with van der Waals surface area (Å²) in [6, 6.07) is 3.01. The number of amides is 2. The molecule has 5 nitrogen and oxygen atoms in total. The second kappa shape index (κ2) is 7.47. The fraction of sp³-hybridized carbons (Fsp3) is 0.429. The van der Waals surface area contributed by atoms with E-state index in [0.717, 1.165) is 25.0 Å². The van der Waals surface area contributed by atoms with Crippen LogP contribution in [0, 0.1) is 11.7 Å². The average Bonchev–Trinajstić information content (AvgIpc) is 2.34. The van der Waals surface area contributed by atoms with Gasteiger partial charge >= 0.3 is 12.0 Å². The van der Waals surface area contributed by atoms with Crippen molar-refractivity contribution in [3.05, 3.63) is 29.6 Å². The summed E-state index contributed by atoms with van der Waals surface area (Å²) in [5.41, 5.74) is -0.207. The normalized spacial score (nSPS) is 10.4. The van der Waals surface area contributed by atoms with Gasteiger partial charge in [-0.3, -0.25) is 0 Å². The molecule has 0 fully saturated rings. The molecular formula is C14H19FN2O3. The lowest BCUT2D eigenvalue weighted by Gasteiger charge is -2.09. The van der Waals surface area contributed by atoms with Crippen LogP contribution in [0.2, 0.25) is 0 Å². The van der Waals surface area contributed by atoms with Crippen molar-refractivity contribution in [2.75, 3.05) is 11.9 Å². The summed E-state index contributed by atoms with van der Waals surface area (Å²) in [5, 5.41) is 13.8. The standard InChI is InChI=1S/C14H19FN2O3/c1-9(2)4-3-7-16-14(20)17-10-5-6-11(13(18)19)12(15)8-10/h5-6,8-9H,3-4,7H2,1-2H3,(H,18,19)(H2,16,17,20). The van der Waals surface area contributed by atoms with E-state index in [2.05, 4.69) is 24.5 Å². The van der Waals surface area contributed by atoms with Gasteiger partial charge in [0.15, 0.2) is 0 Å². The van der Waals surface area contributed by atoms with Crippen molar-refractivity contribution in [1.29, 1.82) is 0 Å². The molecular weight excluding hydrogens is 263 g/mol. The maximum absolute atomic E-state index is 13.4. The van der Waals surface area contributed by atoms with Crippen LogP contribution in [0.3, 0.4) is 0 Å². The molecule has 0 aliphatic rings. The summed E-state index contributed by atoms with van der Waals surface area (Å²) in [6.07, 6.45) is 1.89. The van der Waals surface area contributed by atoms with Crippen molar-refractivity contribution in [2.24, 2.45) is 5.92 Å². The van der Waals surface area contributed by atoms with Gasteiger partial charge in [-0.2, -0.15) is 0 Å². The maximum Gasteiger partial charge on any atom is 0.338 e. The van der Waals surface area contributed by atoms with Crippen LogP contribution in [0.5, 0.6) is 0 Å². The summed E-state index contributed by atoms with van der Waals surface area (Å²) < 4.78 is 13.4. The van der Waals surface area contributed by atoms with Crippen LogP contribution >= 0.6 is 0 Å². The van der Waals surface area contributed by atoms with Gasteiger partial charge in [-0.15, -0.1) is 0 Å². The van der Waals surface area contributed by atoms with Gasteiger partial charge in [-0.25, -0.2) is 14.0 Å². The number of halogens is 1. The van der Waals surface area contributed by atoms with Crippen molar-refractivity contribution < 1.29 is 19.1 Å². The van der Waals surface area contributed by atoms with E-state index in [1.165, 1.54) is 6.07 Å². The quantitative estimate of drug-likeness (QED) is 0.701. The molecule has 0 aliphatic carbocycles. The smallest absolute Gasteiger partial charge is 0.338 e. The summed E-state index contributed by atoms with van der Waals surface area (Å²) in [5.74, 6) is -1.64. The lowest BCUT2D eigenvalue weighted by Crippen LogP contribution is -2.29. The van der Waals surface area contributed by atoms with Gasteiger partial charge in [0.1, 0.15) is 5.82 Å². The molecule has 3 N–H and O–H groups in total. The molecule has 1 aromatic carbocycles. The van der Waals surface area contributed by atoms with E-state index in [9.17, 15) is 14.0 Å². The van der Waals surface area contributed by atoms with Crippen LogP contribution < -0.4 is 10.6 Å². The molecule has 0 saturated carbocycles. The number of hydrogen-bond acceptors (Lipinski definition) is 2. The van der Waals surface area contributed by atoms with E-state index < -0.39 is 23.4 Å². The zero-order valence-corrected chi connectivity index (χ0v) is 11.6. The first-order valence-corrected chi connectivity index (χ1v) is 6.48. The van der Waals surface area contributed by atoms with Crippen LogP contribution in [-0.4, -0.2) is 23.7 Å². The van der Waals surface area contributed by atoms with E-state index in [1.54, 1.807) is 0 Å². The molecule has 0 radical (unpaired) electrons. The topological polar surface area (TPSA) is 78.4 Å². The Bertz CT molecular complexity index is 489. The minimum atomic E-state index is -1.34. The molecule has 6 heteroatoms. The third-order valence-corrected chi connectivity index (χ3v) is 2.70. The van der Waals surface area contributed by atoms with E-state index in [4.69, 9.17) is 5.11 Å². The number of anilines is 1. The Morgan fingerprint density at radius 3 is 2.60 bits per heavy atom. The summed E-state index contributed by atoms with van der Waals surface area (Å²) >= 11 is 0. The third-order valence-electron chi connectivity index (χ3n) is 2.70. The van der Waals surface area contributed by atoms with Gasteiger partial charge in [0.05, 0.1) is 5.56 Å². The first-order chi connectivity index (χ1) is 9.40. The van der Waals surface area contributed by atoms with Gasteiger partial charge in [0.25, 0.3) is 0 Å². The van der Waals surface area contributed by atoms with Gasteiger partial charge < -0.3 is 15.7 Å².